The molecule has 0 saturated heterocycles. The zero-order chi connectivity index (χ0) is 13.9. The number of aryl methyl sites for hydroxylation is 1. The summed E-state index contributed by atoms with van der Waals surface area (Å²) in [5, 5.41) is 0. The van der Waals surface area contributed by atoms with E-state index in [9.17, 15) is 0 Å². The first-order chi connectivity index (χ1) is 9.09. The molecule has 0 spiro atoms. The molecule has 2 unspecified atom stereocenters. The lowest BCUT2D eigenvalue weighted by atomic mass is 9.78. The predicted octanol–water partition coefficient (Wildman–Crippen LogP) is 4.14. The Labute approximate surface area is 120 Å². The lowest BCUT2D eigenvalue weighted by Crippen LogP contribution is -2.36. The van der Waals surface area contributed by atoms with Crippen LogP contribution < -0.4 is 0 Å². The minimum absolute atomic E-state index is 0.269. The largest absolute Gasteiger partial charge is 0.370 e. The summed E-state index contributed by atoms with van der Waals surface area (Å²) in [5.41, 5.74) is 0.904. The first-order valence-electron chi connectivity index (χ1n) is 7.25. The SMILES string of the molecule is CCCc1cc(=S)nc(C2(OC)CCCC(C)C2)[nH]1. The highest BCUT2D eigenvalue weighted by atomic mass is 32.1. The second kappa shape index (κ2) is 6.14. The number of aromatic nitrogens is 2. The maximum atomic E-state index is 5.88. The van der Waals surface area contributed by atoms with Crippen molar-refractivity contribution in [2.24, 2.45) is 5.92 Å². The van der Waals surface area contributed by atoms with Gasteiger partial charge in [0.25, 0.3) is 0 Å². The first kappa shape index (κ1) is 14.7. The molecule has 1 aromatic rings. The molecule has 1 aliphatic rings. The third kappa shape index (κ3) is 3.23. The molecular formula is C15H24N2OS. The van der Waals surface area contributed by atoms with Gasteiger partial charge in [-0.1, -0.05) is 38.9 Å². The highest BCUT2D eigenvalue weighted by molar-refractivity contribution is 7.71. The fourth-order valence-electron chi connectivity index (χ4n) is 3.13. The molecule has 2 atom stereocenters. The minimum Gasteiger partial charge on any atom is -0.370 e. The number of nitrogens with one attached hydrogen (secondary N) is 1. The molecule has 0 bridgehead atoms. The molecule has 106 valence electrons. The van der Waals surface area contributed by atoms with Gasteiger partial charge in [-0.15, -0.1) is 0 Å². The average Bonchev–Trinajstić information content (AvgIpc) is 2.38. The molecule has 3 nitrogen and oxygen atoms in total. The molecule has 19 heavy (non-hydrogen) atoms. The van der Waals surface area contributed by atoms with E-state index >= 15 is 0 Å². The lowest BCUT2D eigenvalue weighted by molar-refractivity contribution is -0.0648. The van der Waals surface area contributed by atoms with E-state index in [0.717, 1.165) is 31.5 Å². The van der Waals surface area contributed by atoms with Gasteiger partial charge in [-0.3, -0.25) is 0 Å². The van der Waals surface area contributed by atoms with Crippen molar-refractivity contribution < 1.29 is 4.74 Å². The van der Waals surface area contributed by atoms with Crippen LogP contribution in [0.25, 0.3) is 0 Å². The Bertz CT molecular complexity index is 485. The van der Waals surface area contributed by atoms with E-state index in [1.54, 1.807) is 7.11 Å². The molecule has 0 aliphatic heterocycles. The summed E-state index contributed by atoms with van der Waals surface area (Å²) in [5.74, 6) is 1.60. The van der Waals surface area contributed by atoms with Crippen molar-refractivity contribution in [1.82, 2.24) is 9.97 Å². The standard InChI is InChI=1S/C15H24N2OS/c1-4-6-12-9-13(19)17-14(16-12)15(18-3)8-5-7-11(2)10-15/h9,11H,4-8,10H2,1-3H3,(H,16,17,19). The van der Waals surface area contributed by atoms with Gasteiger partial charge in [-0.05, 0) is 37.7 Å². The van der Waals surface area contributed by atoms with Crippen LogP contribution in [0.4, 0.5) is 0 Å². The van der Waals surface area contributed by atoms with Crippen LogP contribution in [0.5, 0.6) is 0 Å². The Hall–Kier alpha value is -0.740. The second-order valence-electron chi connectivity index (χ2n) is 5.74. The zero-order valence-electron chi connectivity index (χ0n) is 12.2. The maximum absolute atomic E-state index is 5.88. The summed E-state index contributed by atoms with van der Waals surface area (Å²) in [4.78, 5) is 8.02. The van der Waals surface area contributed by atoms with Gasteiger partial charge in [0, 0.05) is 12.8 Å². The van der Waals surface area contributed by atoms with Crippen LogP contribution in [0.15, 0.2) is 6.07 Å². The van der Waals surface area contributed by atoms with E-state index in [-0.39, 0.29) is 5.60 Å². The Morgan fingerprint density at radius 2 is 2.37 bits per heavy atom. The van der Waals surface area contributed by atoms with Gasteiger partial charge >= 0.3 is 0 Å². The number of ether oxygens (including phenoxy) is 1. The van der Waals surface area contributed by atoms with Crippen molar-refractivity contribution in [3.05, 3.63) is 22.2 Å². The zero-order valence-corrected chi connectivity index (χ0v) is 13.0. The Morgan fingerprint density at radius 3 is 3.00 bits per heavy atom. The van der Waals surface area contributed by atoms with E-state index in [1.165, 1.54) is 18.5 Å². The third-order valence-electron chi connectivity index (χ3n) is 4.10. The van der Waals surface area contributed by atoms with Crippen molar-refractivity contribution in [3.8, 4) is 0 Å². The van der Waals surface area contributed by atoms with E-state index < -0.39 is 0 Å². The molecule has 1 aromatic heterocycles. The Kier molecular flexibility index (Phi) is 4.74. The molecule has 1 heterocycles. The predicted molar refractivity (Wildman–Crippen MR) is 79.7 cm³/mol. The number of aromatic amines is 1. The Balaban J connectivity index is 2.39. The normalized spacial score (nSPS) is 27.4. The summed E-state index contributed by atoms with van der Waals surface area (Å²) in [6.07, 6.45) is 6.63. The van der Waals surface area contributed by atoms with Gasteiger partial charge in [0.2, 0.25) is 0 Å². The first-order valence-corrected chi connectivity index (χ1v) is 7.66. The summed E-state index contributed by atoms with van der Waals surface area (Å²) >= 11 is 5.31. The summed E-state index contributed by atoms with van der Waals surface area (Å²) < 4.78 is 6.56. The molecule has 1 saturated carbocycles. The molecule has 1 N–H and O–H groups in total. The summed E-state index contributed by atoms with van der Waals surface area (Å²) in [6.45, 7) is 4.46. The van der Waals surface area contributed by atoms with Crippen LogP contribution in [0.1, 0.15) is 57.5 Å². The number of nitrogens with zero attached hydrogens (tertiary/aromatic N) is 1. The second-order valence-corrected chi connectivity index (χ2v) is 6.16. The number of hydrogen-bond donors (Lipinski definition) is 1. The van der Waals surface area contributed by atoms with Gasteiger partial charge in [0.15, 0.2) is 0 Å². The van der Waals surface area contributed by atoms with E-state index in [1.807, 2.05) is 6.07 Å². The minimum atomic E-state index is -0.269. The van der Waals surface area contributed by atoms with E-state index in [4.69, 9.17) is 17.0 Å². The van der Waals surface area contributed by atoms with Crippen molar-refractivity contribution in [3.63, 3.8) is 0 Å². The van der Waals surface area contributed by atoms with Gasteiger partial charge in [-0.25, -0.2) is 4.98 Å². The summed E-state index contributed by atoms with van der Waals surface area (Å²) in [7, 11) is 1.79. The molecule has 0 radical (unpaired) electrons. The van der Waals surface area contributed by atoms with Gasteiger partial charge in [-0.2, -0.15) is 0 Å². The van der Waals surface area contributed by atoms with Gasteiger partial charge in [0.1, 0.15) is 16.1 Å². The van der Waals surface area contributed by atoms with Gasteiger partial charge < -0.3 is 9.72 Å². The van der Waals surface area contributed by atoms with Crippen molar-refractivity contribution in [2.75, 3.05) is 7.11 Å². The highest BCUT2D eigenvalue weighted by Gasteiger charge is 2.38. The third-order valence-corrected chi connectivity index (χ3v) is 4.31. The molecule has 4 heteroatoms. The van der Waals surface area contributed by atoms with Crippen molar-refractivity contribution >= 4 is 12.2 Å². The fourth-order valence-corrected chi connectivity index (χ4v) is 3.36. The number of rotatable bonds is 4. The molecule has 0 amide bonds. The molecule has 0 aromatic carbocycles. The van der Waals surface area contributed by atoms with E-state index in [2.05, 4.69) is 23.8 Å². The van der Waals surface area contributed by atoms with Crippen molar-refractivity contribution in [1.29, 1.82) is 0 Å². The number of methoxy groups -OCH3 is 1. The molecule has 1 fully saturated rings. The van der Waals surface area contributed by atoms with Crippen LogP contribution in [-0.4, -0.2) is 17.1 Å². The molecule has 2 rings (SSSR count). The van der Waals surface area contributed by atoms with Crippen LogP contribution in [-0.2, 0) is 16.8 Å². The lowest BCUT2D eigenvalue weighted by Gasteiger charge is -2.38. The number of hydrogen-bond acceptors (Lipinski definition) is 3. The van der Waals surface area contributed by atoms with E-state index in [0.29, 0.717) is 10.6 Å². The highest BCUT2D eigenvalue weighted by Crippen LogP contribution is 2.41. The van der Waals surface area contributed by atoms with Crippen LogP contribution >= 0.6 is 12.2 Å². The van der Waals surface area contributed by atoms with Gasteiger partial charge in [0.05, 0.1) is 0 Å². The quantitative estimate of drug-likeness (QED) is 0.842. The maximum Gasteiger partial charge on any atom is 0.140 e. The monoisotopic (exact) mass is 280 g/mol. The fraction of sp³-hybridized carbons (Fsp3) is 0.733. The molecule has 1 aliphatic carbocycles. The Morgan fingerprint density at radius 1 is 1.58 bits per heavy atom. The smallest absolute Gasteiger partial charge is 0.140 e. The average molecular weight is 280 g/mol. The summed E-state index contributed by atoms with van der Waals surface area (Å²) in [6, 6.07) is 1.97. The number of H-pyrrole nitrogens is 1. The topological polar surface area (TPSA) is 37.9 Å². The van der Waals surface area contributed by atoms with Crippen LogP contribution in [0.2, 0.25) is 0 Å². The van der Waals surface area contributed by atoms with Crippen LogP contribution in [0.3, 0.4) is 0 Å². The van der Waals surface area contributed by atoms with Crippen molar-refractivity contribution in [2.45, 2.75) is 58.0 Å². The van der Waals surface area contributed by atoms with Crippen LogP contribution in [0, 0.1) is 10.6 Å². The molecular weight excluding hydrogens is 256 g/mol.